The van der Waals surface area contributed by atoms with Crippen molar-refractivity contribution in [3.63, 3.8) is 0 Å². The molecule has 1 nitrogen and oxygen atoms in total. The van der Waals surface area contributed by atoms with Crippen molar-refractivity contribution in [2.75, 3.05) is 4.90 Å². The van der Waals surface area contributed by atoms with Crippen LogP contribution in [0, 0.1) is 0 Å². The minimum atomic E-state index is 0.333. The molecule has 1 aliphatic heterocycles. The highest BCUT2D eigenvalue weighted by atomic mass is 15.2. The van der Waals surface area contributed by atoms with Crippen LogP contribution in [0.4, 0.5) is 5.69 Å². The standard InChI is InChI=1S/C38H29N/c1-2-8-26(9-3-1)28-16-20-33(21-17-28)39-36-23-19-29-11-6-7-13-34(29)38(36)35-22-18-32(25-37(35)39)31-15-14-27-10-4-5-12-30(27)24-31/h1-17,19-21,24-25,36H,18,22-23H2. The second kappa shape index (κ2) is 8.99. The van der Waals surface area contributed by atoms with E-state index in [2.05, 4.69) is 138 Å². The fourth-order valence-electron chi connectivity index (χ4n) is 6.80. The first-order valence-corrected chi connectivity index (χ1v) is 14.0. The Morgan fingerprint density at radius 3 is 2.18 bits per heavy atom. The van der Waals surface area contributed by atoms with Crippen LogP contribution in [0.1, 0.15) is 24.8 Å². The molecule has 0 saturated heterocycles. The Kier molecular flexibility index (Phi) is 5.16. The monoisotopic (exact) mass is 499 g/mol. The highest BCUT2D eigenvalue weighted by Gasteiger charge is 2.38. The molecule has 186 valence electrons. The van der Waals surface area contributed by atoms with E-state index in [9.17, 15) is 0 Å². The van der Waals surface area contributed by atoms with Crippen LogP contribution in [0.15, 0.2) is 139 Å². The molecule has 0 N–H and O–H groups in total. The summed E-state index contributed by atoms with van der Waals surface area (Å²) in [5, 5.41) is 5.39. The van der Waals surface area contributed by atoms with Crippen LogP contribution >= 0.6 is 0 Å². The van der Waals surface area contributed by atoms with Gasteiger partial charge in [-0.3, -0.25) is 0 Å². The molecule has 1 unspecified atom stereocenters. The molecule has 0 aromatic heterocycles. The minimum absolute atomic E-state index is 0.333. The van der Waals surface area contributed by atoms with E-state index >= 15 is 0 Å². The number of hydrogen-bond donors (Lipinski definition) is 0. The van der Waals surface area contributed by atoms with Crippen molar-refractivity contribution in [3.8, 4) is 11.1 Å². The second-order valence-electron chi connectivity index (χ2n) is 10.8. The van der Waals surface area contributed by atoms with Crippen molar-refractivity contribution in [1.82, 2.24) is 0 Å². The first-order chi connectivity index (χ1) is 19.3. The third-order valence-corrected chi connectivity index (χ3v) is 8.68. The van der Waals surface area contributed by atoms with Gasteiger partial charge < -0.3 is 4.90 Å². The van der Waals surface area contributed by atoms with Crippen LogP contribution in [0.25, 0.3) is 39.1 Å². The smallest absolute Gasteiger partial charge is 0.0635 e. The van der Waals surface area contributed by atoms with Crippen LogP contribution in [0.5, 0.6) is 0 Å². The van der Waals surface area contributed by atoms with E-state index in [1.165, 1.54) is 66.0 Å². The topological polar surface area (TPSA) is 3.24 Å². The molecular formula is C38H29N. The third kappa shape index (κ3) is 3.69. The van der Waals surface area contributed by atoms with Gasteiger partial charge in [0, 0.05) is 11.4 Å². The molecule has 5 aromatic rings. The quantitative estimate of drug-likeness (QED) is 0.244. The van der Waals surface area contributed by atoms with Crippen molar-refractivity contribution in [2.45, 2.75) is 25.3 Å². The summed E-state index contributed by atoms with van der Waals surface area (Å²) in [6.07, 6.45) is 8.09. The molecule has 0 amide bonds. The van der Waals surface area contributed by atoms with Gasteiger partial charge in [-0.2, -0.15) is 0 Å². The Balaban J connectivity index is 1.28. The highest BCUT2D eigenvalue weighted by Crippen LogP contribution is 2.47. The van der Waals surface area contributed by atoms with Gasteiger partial charge in [0.25, 0.3) is 0 Å². The van der Waals surface area contributed by atoms with Crippen molar-refractivity contribution in [2.24, 2.45) is 0 Å². The average molecular weight is 500 g/mol. The molecule has 0 saturated carbocycles. The summed E-state index contributed by atoms with van der Waals surface area (Å²) < 4.78 is 0. The van der Waals surface area contributed by atoms with Crippen LogP contribution in [0.3, 0.4) is 0 Å². The molecule has 1 heterocycles. The predicted octanol–water partition coefficient (Wildman–Crippen LogP) is 7.86. The zero-order chi connectivity index (χ0) is 25.8. The maximum atomic E-state index is 2.62. The number of fused-ring (bicyclic) bond motifs is 4. The van der Waals surface area contributed by atoms with Crippen LogP contribution in [-0.4, -0.2) is 6.04 Å². The van der Waals surface area contributed by atoms with E-state index in [4.69, 9.17) is 0 Å². The van der Waals surface area contributed by atoms with E-state index in [0.29, 0.717) is 6.04 Å². The van der Waals surface area contributed by atoms with Gasteiger partial charge in [0.1, 0.15) is 0 Å². The minimum Gasteiger partial charge on any atom is -0.333 e. The van der Waals surface area contributed by atoms with Gasteiger partial charge in [0.05, 0.1) is 6.04 Å². The molecule has 0 radical (unpaired) electrons. The van der Waals surface area contributed by atoms with Crippen LogP contribution in [0.2, 0.25) is 0 Å². The Labute approximate surface area is 229 Å². The van der Waals surface area contributed by atoms with E-state index in [1.807, 2.05) is 0 Å². The molecule has 3 aliphatic rings. The number of allylic oxidation sites excluding steroid dienone is 2. The lowest BCUT2D eigenvalue weighted by Crippen LogP contribution is -2.39. The Bertz CT molecular complexity index is 1920. The van der Waals surface area contributed by atoms with Crippen molar-refractivity contribution in [3.05, 3.63) is 155 Å². The molecular weight excluding hydrogens is 470 g/mol. The maximum absolute atomic E-state index is 2.62. The molecule has 1 atom stereocenters. The lowest BCUT2D eigenvalue weighted by molar-refractivity contribution is 0.822. The Morgan fingerprint density at radius 2 is 1.31 bits per heavy atom. The van der Waals surface area contributed by atoms with Crippen molar-refractivity contribution < 1.29 is 0 Å². The highest BCUT2D eigenvalue weighted by molar-refractivity contribution is 5.91. The molecule has 5 aromatic carbocycles. The lowest BCUT2D eigenvalue weighted by atomic mass is 9.85. The van der Waals surface area contributed by atoms with E-state index in [0.717, 1.165) is 19.3 Å². The van der Waals surface area contributed by atoms with Gasteiger partial charge in [-0.1, -0.05) is 109 Å². The molecule has 0 fully saturated rings. The van der Waals surface area contributed by atoms with Crippen LogP contribution in [-0.2, 0) is 0 Å². The average Bonchev–Trinajstić information content (AvgIpc) is 3.35. The molecule has 2 aliphatic carbocycles. The number of hydrogen-bond acceptors (Lipinski definition) is 1. The Hall–Kier alpha value is -4.62. The van der Waals surface area contributed by atoms with Crippen molar-refractivity contribution in [1.29, 1.82) is 0 Å². The van der Waals surface area contributed by atoms with Crippen molar-refractivity contribution >= 4 is 33.7 Å². The summed E-state index contributed by atoms with van der Waals surface area (Å²) in [6, 6.07) is 44.7. The molecule has 8 rings (SSSR count). The summed E-state index contributed by atoms with van der Waals surface area (Å²) in [5.74, 6) is 0. The fourth-order valence-corrected chi connectivity index (χ4v) is 6.80. The summed E-state index contributed by atoms with van der Waals surface area (Å²) >= 11 is 0. The first kappa shape index (κ1) is 22.4. The van der Waals surface area contributed by atoms with Gasteiger partial charge in [0.15, 0.2) is 0 Å². The summed E-state index contributed by atoms with van der Waals surface area (Å²) in [6.45, 7) is 0. The predicted molar refractivity (Wildman–Crippen MR) is 165 cm³/mol. The third-order valence-electron chi connectivity index (χ3n) is 8.68. The molecule has 39 heavy (non-hydrogen) atoms. The SMILES string of the molecule is C1=C(c2ccc3ccccc3c2)CCC2=C1N(c1ccc(-c3ccccc3)cc1)C1CC=c3ccccc3=C21. The zero-order valence-corrected chi connectivity index (χ0v) is 21.8. The summed E-state index contributed by atoms with van der Waals surface area (Å²) in [7, 11) is 0. The van der Waals surface area contributed by atoms with E-state index < -0.39 is 0 Å². The van der Waals surface area contributed by atoms with E-state index in [-0.39, 0.29) is 0 Å². The maximum Gasteiger partial charge on any atom is 0.0635 e. The number of nitrogens with zero attached hydrogens (tertiary/aromatic N) is 1. The molecule has 0 spiro atoms. The normalized spacial score (nSPS) is 17.8. The molecule has 1 heteroatoms. The van der Waals surface area contributed by atoms with E-state index in [1.54, 1.807) is 0 Å². The second-order valence-corrected chi connectivity index (χ2v) is 10.8. The lowest BCUT2D eigenvalue weighted by Gasteiger charge is -2.31. The molecule has 0 bridgehead atoms. The number of rotatable bonds is 3. The number of anilines is 1. The van der Waals surface area contributed by atoms with Crippen LogP contribution < -0.4 is 15.3 Å². The summed E-state index contributed by atoms with van der Waals surface area (Å²) in [5.41, 5.74) is 11.0. The zero-order valence-electron chi connectivity index (χ0n) is 21.8. The number of benzene rings is 5. The fraction of sp³-hybridized carbons (Fsp3) is 0.105. The summed E-state index contributed by atoms with van der Waals surface area (Å²) in [4.78, 5) is 2.62. The van der Waals surface area contributed by atoms with Gasteiger partial charge in [-0.05, 0) is 98.2 Å². The first-order valence-electron chi connectivity index (χ1n) is 14.0. The van der Waals surface area contributed by atoms with Gasteiger partial charge in [-0.15, -0.1) is 0 Å². The Morgan fingerprint density at radius 1 is 0.590 bits per heavy atom. The van der Waals surface area contributed by atoms with Gasteiger partial charge in [0.2, 0.25) is 0 Å². The van der Waals surface area contributed by atoms with Gasteiger partial charge >= 0.3 is 0 Å². The largest absolute Gasteiger partial charge is 0.333 e. The van der Waals surface area contributed by atoms with Gasteiger partial charge in [-0.25, -0.2) is 0 Å².